The van der Waals surface area contributed by atoms with E-state index in [4.69, 9.17) is 9.41 Å². The van der Waals surface area contributed by atoms with Crippen molar-refractivity contribution < 1.29 is 13.6 Å². The van der Waals surface area contributed by atoms with E-state index < -0.39 is 0 Å². The smallest absolute Gasteiger partial charge is 0.223 e. The summed E-state index contributed by atoms with van der Waals surface area (Å²) in [5.41, 5.74) is 1.59. The van der Waals surface area contributed by atoms with Gasteiger partial charge in [-0.1, -0.05) is 6.42 Å². The van der Waals surface area contributed by atoms with Crippen LogP contribution in [-0.2, 0) is 11.3 Å². The zero-order valence-corrected chi connectivity index (χ0v) is 17.8. The lowest BCUT2D eigenvalue weighted by Gasteiger charge is -2.30. The van der Waals surface area contributed by atoms with E-state index in [-0.39, 0.29) is 23.7 Å². The normalized spacial score (nSPS) is 22.2. The number of amides is 1. The molecule has 1 aromatic carbocycles. The van der Waals surface area contributed by atoms with Crippen LogP contribution in [0.4, 0.5) is 4.39 Å². The topological polar surface area (TPSA) is 78.7 Å². The van der Waals surface area contributed by atoms with Crippen LogP contribution in [0.25, 0.3) is 11.0 Å². The first-order valence-corrected chi connectivity index (χ1v) is 11.1. The van der Waals surface area contributed by atoms with Crippen LogP contribution in [0.2, 0.25) is 0 Å². The fourth-order valence-electron chi connectivity index (χ4n) is 4.16. The molecule has 0 saturated heterocycles. The molecule has 0 spiro atoms. The van der Waals surface area contributed by atoms with Crippen LogP contribution < -0.4 is 16.0 Å². The third kappa shape index (κ3) is 4.94. The molecule has 2 saturated carbocycles. The Bertz CT molecular complexity index is 935. The number of hydrogen-bond donors (Lipinski definition) is 3. The van der Waals surface area contributed by atoms with Gasteiger partial charge < -0.3 is 20.4 Å². The van der Waals surface area contributed by atoms with Crippen molar-refractivity contribution in [3.63, 3.8) is 0 Å². The number of fused-ring (bicyclic) bond motifs is 1. The van der Waals surface area contributed by atoms with Gasteiger partial charge in [0.2, 0.25) is 5.91 Å². The van der Waals surface area contributed by atoms with Crippen molar-refractivity contribution in [2.24, 2.45) is 10.9 Å². The molecule has 2 unspecified atom stereocenters. The van der Waals surface area contributed by atoms with Crippen molar-refractivity contribution in [2.45, 2.75) is 71.0 Å². The van der Waals surface area contributed by atoms with Crippen molar-refractivity contribution in [3.8, 4) is 0 Å². The number of benzene rings is 1. The van der Waals surface area contributed by atoms with E-state index in [1.54, 1.807) is 6.07 Å². The predicted octanol–water partition coefficient (Wildman–Crippen LogP) is 3.77. The van der Waals surface area contributed by atoms with Gasteiger partial charge in [0, 0.05) is 35.5 Å². The molecule has 2 aliphatic rings. The summed E-state index contributed by atoms with van der Waals surface area (Å²) in [6.07, 6.45) is 6.08. The molecule has 4 rings (SSSR count). The molecule has 30 heavy (non-hydrogen) atoms. The third-order valence-corrected chi connectivity index (χ3v) is 6.03. The van der Waals surface area contributed by atoms with Crippen LogP contribution in [0.3, 0.4) is 0 Å². The quantitative estimate of drug-likeness (QED) is 0.497. The Morgan fingerprint density at radius 3 is 2.80 bits per heavy atom. The summed E-state index contributed by atoms with van der Waals surface area (Å²) in [6, 6.07) is 5.19. The molecule has 0 aliphatic heterocycles. The Hall–Kier alpha value is -2.57. The number of aryl methyl sites for hydroxylation is 1. The summed E-state index contributed by atoms with van der Waals surface area (Å²) in [7, 11) is 0. The minimum atomic E-state index is -0.269. The maximum atomic E-state index is 13.5. The number of nitrogens with one attached hydrogen (secondary N) is 3. The molecular formula is C23H31FN4O2. The summed E-state index contributed by atoms with van der Waals surface area (Å²) in [6.45, 7) is 5.07. The molecule has 3 N–H and O–H groups in total. The largest absolute Gasteiger partial charge is 0.459 e. The number of guanidine groups is 1. The lowest BCUT2D eigenvalue weighted by Crippen LogP contribution is -2.47. The van der Waals surface area contributed by atoms with Crippen molar-refractivity contribution in [1.29, 1.82) is 0 Å². The first kappa shape index (κ1) is 20.7. The highest BCUT2D eigenvalue weighted by atomic mass is 19.1. The van der Waals surface area contributed by atoms with Gasteiger partial charge in [-0.15, -0.1) is 0 Å². The van der Waals surface area contributed by atoms with Gasteiger partial charge >= 0.3 is 0 Å². The maximum absolute atomic E-state index is 13.5. The van der Waals surface area contributed by atoms with Crippen molar-refractivity contribution in [3.05, 3.63) is 35.3 Å². The Morgan fingerprint density at radius 1 is 1.20 bits per heavy atom. The van der Waals surface area contributed by atoms with E-state index in [1.165, 1.54) is 12.1 Å². The van der Waals surface area contributed by atoms with E-state index in [0.717, 1.165) is 67.7 Å². The summed E-state index contributed by atoms with van der Waals surface area (Å²) in [4.78, 5) is 17.1. The Labute approximate surface area is 176 Å². The molecule has 2 atom stereocenters. The number of carbonyl (C=O) groups is 1. The molecule has 1 heterocycles. The van der Waals surface area contributed by atoms with Crippen molar-refractivity contribution >= 4 is 22.8 Å². The number of rotatable bonds is 6. The van der Waals surface area contributed by atoms with Crippen LogP contribution in [0.15, 0.2) is 27.6 Å². The lowest BCUT2D eigenvalue weighted by atomic mass is 9.85. The zero-order valence-electron chi connectivity index (χ0n) is 17.8. The van der Waals surface area contributed by atoms with E-state index >= 15 is 0 Å². The van der Waals surface area contributed by atoms with Gasteiger partial charge in [0.25, 0.3) is 0 Å². The number of hydrogen-bond acceptors (Lipinski definition) is 3. The fourth-order valence-corrected chi connectivity index (χ4v) is 4.16. The van der Waals surface area contributed by atoms with Gasteiger partial charge in [0.1, 0.15) is 23.7 Å². The summed E-state index contributed by atoms with van der Waals surface area (Å²) in [5, 5.41) is 10.7. The van der Waals surface area contributed by atoms with E-state index in [1.807, 2.05) is 13.8 Å². The van der Waals surface area contributed by atoms with Gasteiger partial charge in [-0.25, -0.2) is 9.38 Å². The second-order valence-corrected chi connectivity index (χ2v) is 8.47. The molecule has 1 aromatic heterocycles. The van der Waals surface area contributed by atoms with Gasteiger partial charge in [0.05, 0.1) is 0 Å². The highest BCUT2D eigenvalue weighted by molar-refractivity contribution is 5.83. The first-order valence-electron chi connectivity index (χ1n) is 11.1. The lowest BCUT2D eigenvalue weighted by molar-refractivity contribution is -0.126. The number of aliphatic imine (C=N–C) groups is 1. The molecule has 2 fully saturated rings. The number of halogens is 1. The summed E-state index contributed by atoms with van der Waals surface area (Å²) >= 11 is 0. The SMILES string of the molecule is CCNC(=NCc1oc2ccc(F)cc2c1C)NC1CCCC(C(=O)NC2CC2)C1. The van der Waals surface area contributed by atoms with Crippen LogP contribution >= 0.6 is 0 Å². The van der Waals surface area contributed by atoms with E-state index in [2.05, 4.69) is 16.0 Å². The van der Waals surface area contributed by atoms with Gasteiger partial charge in [-0.2, -0.15) is 0 Å². The second-order valence-electron chi connectivity index (χ2n) is 8.47. The Morgan fingerprint density at radius 2 is 2.03 bits per heavy atom. The van der Waals surface area contributed by atoms with Crippen LogP contribution in [0.1, 0.15) is 56.8 Å². The molecule has 0 bridgehead atoms. The number of furan rings is 1. The molecular weight excluding hydrogens is 383 g/mol. The molecule has 2 aliphatic carbocycles. The average Bonchev–Trinajstić information content (AvgIpc) is 3.50. The predicted molar refractivity (Wildman–Crippen MR) is 116 cm³/mol. The standard InChI is InChI=1S/C23H31FN4O2/c1-3-25-23(26-13-21-14(2)19-12-16(24)7-10-20(19)30-21)28-18-6-4-5-15(11-18)22(29)27-17-8-9-17/h7,10,12,15,17-18H,3-6,8-9,11,13H2,1-2H3,(H,27,29)(H2,25,26,28). The number of nitrogens with zero attached hydrogens (tertiary/aromatic N) is 1. The van der Waals surface area contributed by atoms with Crippen LogP contribution in [0, 0.1) is 18.7 Å². The van der Waals surface area contributed by atoms with Gasteiger partial charge in [-0.3, -0.25) is 4.79 Å². The second kappa shape index (κ2) is 9.06. The number of carbonyl (C=O) groups excluding carboxylic acids is 1. The fraction of sp³-hybridized carbons (Fsp3) is 0.565. The van der Waals surface area contributed by atoms with Gasteiger partial charge in [0.15, 0.2) is 5.96 Å². The summed E-state index contributed by atoms with van der Waals surface area (Å²) in [5.74, 6) is 1.47. The minimum Gasteiger partial charge on any atom is -0.459 e. The molecule has 6 nitrogen and oxygen atoms in total. The van der Waals surface area contributed by atoms with Gasteiger partial charge in [-0.05, 0) is 64.2 Å². The van der Waals surface area contributed by atoms with E-state index in [9.17, 15) is 9.18 Å². The first-order chi connectivity index (χ1) is 14.5. The minimum absolute atomic E-state index is 0.0761. The van der Waals surface area contributed by atoms with Crippen LogP contribution in [0.5, 0.6) is 0 Å². The van der Waals surface area contributed by atoms with E-state index in [0.29, 0.717) is 18.2 Å². The summed E-state index contributed by atoms with van der Waals surface area (Å²) < 4.78 is 19.4. The highest BCUT2D eigenvalue weighted by Crippen LogP contribution is 2.28. The Kier molecular flexibility index (Phi) is 6.25. The third-order valence-electron chi connectivity index (χ3n) is 6.03. The Balaban J connectivity index is 1.41. The highest BCUT2D eigenvalue weighted by Gasteiger charge is 2.31. The molecule has 1 amide bonds. The van der Waals surface area contributed by atoms with Crippen molar-refractivity contribution in [2.75, 3.05) is 6.54 Å². The van der Waals surface area contributed by atoms with Crippen molar-refractivity contribution in [1.82, 2.24) is 16.0 Å². The monoisotopic (exact) mass is 414 g/mol. The zero-order chi connectivity index (χ0) is 21.1. The maximum Gasteiger partial charge on any atom is 0.223 e. The van der Waals surface area contributed by atoms with Crippen LogP contribution in [-0.4, -0.2) is 30.5 Å². The average molecular weight is 415 g/mol. The molecule has 2 aromatic rings. The molecule has 162 valence electrons. The molecule has 7 heteroatoms. The molecule has 0 radical (unpaired) electrons.